The minimum atomic E-state index is -1.21. The molecule has 0 unspecified atom stereocenters. The Hall–Kier alpha value is -1.30. The zero-order chi connectivity index (χ0) is 14.8. The first-order chi connectivity index (χ1) is 8.56. The summed E-state index contributed by atoms with van der Waals surface area (Å²) in [5, 5.41) is 19.2. The maximum atomic E-state index is 11.9. The maximum Gasteiger partial charge on any atom is 0.410 e. The van der Waals surface area contributed by atoms with Crippen LogP contribution in [0.5, 0.6) is 0 Å². The monoisotopic (exact) mass is 273 g/mol. The van der Waals surface area contributed by atoms with Crippen molar-refractivity contribution in [3.05, 3.63) is 0 Å². The van der Waals surface area contributed by atoms with Crippen LogP contribution in [-0.4, -0.2) is 52.0 Å². The zero-order valence-electron chi connectivity index (χ0n) is 12.0. The van der Waals surface area contributed by atoms with Crippen LogP contribution in [0.25, 0.3) is 0 Å². The highest BCUT2D eigenvalue weighted by atomic mass is 16.6. The molecule has 110 valence electrons. The van der Waals surface area contributed by atoms with Crippen molar-refractivity contribution in [3.8, 4) is 0 Å². The third-order valence-corrected chi connectivity index (χ3v) is 3.45. The Bertz CT molecular complexity index is 363. The summed E-state index contributed by atoms with van der Waals surface area (Å²) in [6.45, 7) is 7.42. The number of hydrogen-bond donors (Lipinski definition) is 2. The molecule has 2 N–H and O–H groups in total. The Morgan fingerprint density at radius 2 is 1.89 bits per heavy atom. The Labute approximate surface area is 113 Å². The molecule has 0 aromatic rings. The van der Waals surface area contributed by atoms with E-state index in [0.29, 0.717) is 6.54 Å². The first-order valence-electron chi connectivity index (χ1n) is 6.45. The van der Waals surface area contributed by atoms with Crippen LogP contribution in [0.2, 0.25) is 0 Å². The lowest BCUT2D eigenvalue weighted by atomic mass is 9.80. The van der Waals surface area contributed by atoms with E-state index in [2.05, 4.69) is 0 Å². The number of hydrogen-bond acceptors (Lipinski definition) is 4. The van der Waals surface area contributed by atoms with Gasteiger partial charge in [-0.3, -0.25) is 4.79 Å². The summed E-state index contributed by atoms with van der Waals surface area (Å²) in [6, 6.07) is 0. The Morgan fingerprint density at radius 1 is 1.32 bits per heavy atom. The van der Waals surface area contributed by atoms with Gasteiger partial charge in [-0.1, -0.05) is 0 Å². The average Bonchev–Trinajstić information content (AvgIpc) is 2.38. The van der Waals surface area contributed by atoms with Crippen molar-refractivity contribution in [1.82, 2.24) is 4.90 Å². The highest BCUT2D eigenvalue weighted by molar-refractivity contribution is 5.75. The van der Waals surface area contributed by atoms with Crippen LogP contribution in [0.3, 0.4) is 0 Å². The highest BCUT2D eigenvalue weighted by Gasteiger charge is 2.43. The summed E-state index contributed by atoms with van der Waals surface area (Å²) in [4.78, 5) is 24.6. The van der Waals surface area contributed by atoms with Gasteiger partial charge in [0.15, 0.2) is 0 Å². The molecule has 1 fully saturated rings. The van der Waals surface area contributed by atoms with E-state index in [1.807, 2.05) is 0 Å². The molecule has 1 saturated heterocycles. The number of amides is 1. The second-order valence-electron chi connectivity index (χ2n) is 6.24. The van der Waals surface area contributed by atoms with Crippen LogP contribution < -0.4 is 0 Å². The van der Waals surface area contributed by atoms with Crippen LogP contribution in [0.15, 0.2) is 0 Å². The molecular formula is C13H23NO5. The normalized spacial score (nSPS) is 28.7. The smallest absolute Gasteiger partial charge is 0.410 e. The molecular weight excluding hydrogens is 250 g/mol. The van der Waals surface area contributed by atoms with Crippen molar-refractivity contribution >= 4 is 12.1 Å². The number of aliphatic hydroxyl groups is 1. The zero-order valence-corrected chi connectivity index (χ0v) is 12.0. The molecule has 1 heterocycles. The van der Waals surface area contributed by atoms with E-state index in [4.69, 9.17) is 4.74 Å². The fourth-order valence-electron chi connectivity index (χ4n) is 2.00. The molecule has 1 aliphatic heterocycles. The third kappa shape index (κ3) is 3.83. The quantitative estimate of drug-likeness (QED) is 0.755. The molecule has 0 aromatic carbocycles. The first-order valence-corrected chi connectivity index (χ1v) is 6.45. The van der Waals surface area contributed by atoms with Crippen molar-refractivity contribution in [2.45, 2.75) is 52.2 Å². The fourth-order valence-corrected chi connectivity index (χ4v) is 2.00. The molecule has 1 rings (SSSR count). The topological polar surface area (TPSA) is 87.1 Å². The van der Waals surface area contributed by atoms with Crippen LogP contribution in [0, 0.1) is 5.41 Å². The minimum absolute atomic E-state index is 0.211. The van der Waals surface area contributed by atoms with Gasteiger partial charge >= 0.3 is 12.1 Å². The number of ether oxygens (including phenoxy) is 1. The highest BCUT2D eigenvalue weighted by Crippen LogP contribution is 2.32. The lowest BCUT2D eigenvalue weighted by Gasteiger charge is -2.28. The molecule has 0 aromatic heterocycles. The summed E-state index contributed by atoms with van der Waals surface area (Å²) >= 11 is 0. The number of carboxylic acids is 1. The summed E-state index contributed by atoms with van der Waals surface area (Å²) in [5.74, 6) is -1.04. The van der Waals surface area contributed by atoms with Crippen LogP contribution in [0.1, 0.15) is 40.5 Å². The van der Waals surface area contributed by atoms with E-state index in [9.17, 15) is 19.8 Å². The van der Waals surface area contributed by atoms with Gasteiger partial charge in [-0.2, -0.15) is 0 Å². The second kappa shape index (κ2) is 5.36. The van der Waals surface area contributed by atoms with Gasteiger partial charge in [0.25, 0.3) is 0 Å². The molecule has 6 heteroatoms. The largest absolute Gasteiger partial charge is 0.481 e. The van der Waals surface area contributed by atoms with Crippen molar-refractivity contribution in [2.75, 3.05) is 13.1 Å². The number of likely N-dealkylation sites (tertiary alicyclic amines) is 1. The number of aliphatic carboxylic acids is 1. The molecule has 0 spiro atoms. The molecule has 19 heavy (non-hydrogen) atoms. The number of carbonyl (C=O) groups excluding carboxylic acids is 1. The Kier molecular flexibility index (Phi) is 4.45. The van der Waals surface area contributed by atoms with Gasteiger partial charge in [-0.05, 0) is 40.5 Å². The molecule has 0 aliphatic carbocycles. The van der Waals surface area contributed by atoms with Gasteiger partial charge in [0.1, 0.15) is 5.60 Å². The molecule has 2 atom stereocenters. The van der Waals surface area contributed by atoms with Gasteiger partial charge in [-0.15, -0.1) is 0 Å². The molecule has 0 saturated carbocycles. The van der Waals surface area contributed by atoms with Crippen LogP contribution in [-0.2, 0) is 9.53 Å². The predicted octanol–water partition coefficient (Wildman–Crippen LogP) is 1.47. The number of aliphatic hydroxyl groups excluding tert-OH is 1. The van der Waals surface area contributed by atoms with Gasteiger partial charge in [-0.25, -0.2) is 4.79 Å². The van der Waals surface area contributed by atoms with Crippen molar-refractivity contribution in [2.24, 2.45) is 5.41 Å². The second-order valence-corrected chi connectivity index (χ2v) is 6.24. The summed E-state index contributed by atoms with van der Waals surface area (Å²) < 4.78 is 5.25. The number of nitrogens with zero attached hydrogens (tertiary/aromatic N) is 1. The minimum Gasteiger partial charge on any atom is -0.481 e. The van der Waals surface area contributed by atoms with E-state index in [-0.39, 0.29) is 19.4 Å². The van der Waals surface area contributed by atoms with E-state index in [1.165, 1.54) is 11.8 Å². The maximum absolute atomic E-state index is 11.9. The lowest BCUT2D eigenvalue weighted by molar-refractivity contribution is -0.155. The molecule has 0 radical (unpaired) electrons. The molecule has 1 aliphatic rings. The average molecular weight is 273 g/mol. The van der Waals surface area contributed by atoms with E-state index in [1.54, 1.807) is 20.8 Å². The van der Waals surface area contributed by atoms with Crippen molar-refractivity contribution < 1.29 is 24.5 Å². The Morgan fingerprint density at radius 3 is 2.37 bits per heavy atom. The summed E-state index contributed by atoms with van der Waals surface area (Å²) in [5.41, 5.74) is -1.80. The van der Waals surface area contributed by atoms with Gasteiger partial charge in [0, 0.05) is 13.1 Å². The van der Waals surface area contributed by atoms with Gasteiger partial charge < -0.3 is 19.8 Å². The number of carboxylic acid groups (broad SMARTS) is 1. The van der Waals surface area contributed by atoms with E-state index < -0.39 is 29.2 Å². The van der Waals surface area contributed by atoms with Crippen molar-refractivity contribution in [1.29, 1.82) is 0 Å². The van der Waals surface area contributed by atoms with Crippen LogP contribution in [0.4, 0.5) is 4.79 Å². The number of carbonyl (C=O) groups is 2. The molecule has 1 amide bonds. The first kappa shape index (κ1) is 15.8. The predicted molar refractivity (Wildman–Crippen MR) is 68.8 cm³/mol. The fraction of sp³-hybridized carbons (Fsp3) is 0.846. The molecule has 6 nitrogen and oxygen atoms in total. The van der Waals surface area contributed by atoms with Crippen molar-refractivity contribution in [3.63, 3.8) is 0 Å². The standard InChI is InChI=1S/C13H23NO5/c1-12(2,3)19-11(18)14-7-5-9(15)13(4,6-8-14)10(16)17/h9,15H,5-8H2,1-4H3,(H,16,17)/t9-,13+/m1/s1. The SMILES string of the molecule is CC(C)(C)OC(=O)N1CC[C@@H](O)[C@@](C)(C(=O)O)CC1. The van der Waals surface area contributed by atoms with Gasteiger partial charge in [0.2, 0.25) is 0 Å². The number of rotatable bonds is 1. The molecule has 0 bridgehead atoms. The third-order valence-electron chi connectivity index (χ3n) is 3.45. The summed E-state index contributed by atoms with van der Waals surface area (Å²) in [7, 11) is 0. The van der Waals surface area contributed by atoms with E-state index >= 15 is 0 Å². The summed E-state index contributed by atoms with van der Waals surface area (Å²) in [6.07, 6.45) is -0.975. The van der Waals surface area contributed by atoms with E-state index in [0.717, 1.165) is 0 Å². The lowest BCUT2D eigenvalue weighted by Crippen LogP contribution is -2.40. The van der Waals surface area contributed by atoms with Crippen LogP contribution >= 0.6 is 0 Å². The Balaban J connectivity index is 2.73. The van der Waals surface area contributed by atoms with Gasteiger partial charge in [0.05, 0.1) is 11.5 Å².